The Labute approximate surface area is 124 Å². The van der Waals surface area contributed by atoms with Gasteiger partial charge >= 0.3 is 5.97 Å². The molecule has 0 aliphatic carbocycles. The molecule has 0 heterocycles. The van der Waals surface area contributed by atoms with Gasteiger partial charge < -0.3 is 15.2 Å². The van der Waals surface area contributed by atoms with Gasteiger partial charge in [-0.25, -0.2) is 17.9 Å². The monoisotopic (exact) mass is 316 g/mol. The fourth-order valence-corrected chi connectivity index (χ4v) is 2.73. The molecule has 0 fully saturated rings. The van der Waals surface area contributed by atoms with E-state index in [0.717, 1.165) is 0 Å². The Morgan fingerprint density at radius 1 is 1.33 bits per heavy atom. The summed E-state index contributed by atoms with van der Waals surface area (Å²) in [7, 11) is -2.10. The molecule has 0 radical (unpaired) electrons. The van der Waals surface area contributed by atoms with Crippen molar-refractivity contribution in [3.05, 3.63) is 24.3 Å². The SMILES string of the molecule is CCCNS(=O)(=O)c1ccc(NC(COC)C(=O)O)cc1. The summed E-state index contributed by atoms with van der Waals surface area (Å²) in [6.45, 7) is 2.25. The average molecular weight is 316 g/mol. The van der Waals surface area contributed by atoms with E-state index in [1.54, 1.807) is 0 Å². The molecule has 0 amide bonds. The van der Waals surface area contributed by atoms with Crippen LogP contribution < -0.4 is 10.0 Å². The van der Waals surface area contributed by atoms with Gasteiger partial charge in [0.25, 0.3) is 0 Å². The predicted octanol–water partition coefficient (Wildman–Crippen LogP) is 0.886. The first kappa shape index (κ1) is 17.4. The molecule has 0 aliphatic heterocycles. The van der Waals surface area contributed by atoms with Crippen molar-refractivity contribution in [2.75, 3.05) is 25.6 Å². The van der Waals surface area contributed by atoms with Crippen LogP contribution in [0.15, 0.2) is 29.2 Å². The van der Waals surface area contributed by atoms with Gasteiger partial charge in [0.2, 0.25) is 10.0 Å². The quantitative estimate of drug-likeness (QED) is 0.625. The van der Waals surface area contributed by atoms with Gasteiger partial charge in [0.05, 0.1) is 11.5 Å². The second kappa shape index (κ2) is 7.96. The van der Waals surface area contributed by atoms with Crippen LogP contribution in [-0.2, 0) is 19.6 Å². The van der Waals surface area contributed by atoms with Gasteiger partial charge in [-0.05, 0) is 30.7 Å². The summed E-state index contributed by atoms with van der Waals surface area (Å²) in [4.78, 5) is 11.1. The number of nitrogens with one attached hydrogen (secondary N) is 2. The second-order valence-corrected chi connectivity index (χ2v) is 6.18. The molecule has 1 unspecified atom stereocenters. The van der Waals surface area contributed by atoms with Crippen LogP contribution in [0.25, 0.3) is 0 Å². The van der Waals surface area contributed by atoms with E-state index in [0.29, 0.717) is 18.7 Å². The van der Waals surface area contributed by atoms with Crippen molar-refractivity contribution in [3.8, 4) is 0 Å². The van der Waals surface area contributed by atoms with Crippen LogP contribution in [-0.4, -0.2) is 45.8 Å². The van der Waals surface area contributed by atoms with Crippen LogP contribution in [0.5, 0.6) is 0 Å². The van der Waals surface area contributed by atoms with Gasteiger partial charge in [-0.15, -0.1) is 0 Å². The maximum atomic E-state index is 11.9. The molecule has 1 aromatic carbocycles. The Hall–Kier alpha value is -1.64. The number of anilines is 1. The number of carboxylic acid groups (broad SMARTS) is 1. The van der Waals surface area contributed by atoms with Crippen LogP contribution in [0.3, 0.4) is 0 Å². The summed E-state index contributed by atoms with van der Waals surface area (Å²) in [6, 6.07) is 4.99. The third-order valence-corrected chi connectivity index (χ3v) is 4.16. The first-order valence-electron chi connectivity index (χ1n) is 6.48. The number of carboxylic acids is 1. The molecule has 0 saturated heterocycles. The van der Waals surface area contributed by atoms with E-state index in [-0.39, 0.29) is 11.5 Å². The molecule has 3 N–H and O–H groups in total. The molecular weight excluding hydrogens is 296 g/mol. The topological polar surface area (TPSA) is 105 Å². The van der Waals surface area contributed by atoms with E-state index in [1.165, 1.54) is 31.4 Å². The first-order valence-corrected chi connectivity index (χ1v) is 7.97. The Morgan fingerprint density at radius 2 is 1.95 bits per heavy atom. The number of rotatable bonds is 9. The van der Waals surface area contributed by atoms with Crippen molar-refractivity contribution in [2.45, 2.75) is 24.3 Å². The molecule has 0 aliphatic rings. The van der Waals surface area contributed by atoms with Crippen molar-refractivity contribution in [2.24, 2.45) is 0 Å². The molecule has 7 nitrogen and oxygen atoms in total. The summed E-state index contributed by atoms with van der Waals surface area (Å²) in [5, 5.41) is 11.8. The second-order valence-electron chi connectivity index (χ2n) is 4.41. The highest BCUT2D eigenvalue weighted by atomic mass is 32.2. The fourth-order valence-electron chi connectivity index (χ4n) is 1.59. The minimum absolute atomic E-state index is 0.00738. The van der Waals surface area contributed by atoms with Gasteiger partial charge in [0, 0.05) is 19.3 Å². The summed E-state index contributed by atoms with van der Waals surface area (Å²) in [5.41, 5.74) is 0.508. The van der Waals surface area contributed by atoms with Crippen molar-refractivity contribution in [1.82, 2.24) is 4.72 Å². The van der Waals surface area contributed by atoms with E-state index in [1.807, 2.05) is 6.92 Å². The van der Waals surface area contributed by atoms with Crippen molar-refractivity contribution < 1.29 is 23.1 Å². The van der Waals surface area contributed by atoms with Gasteiger partial charge in [-0.2, -0.15) is 0 Å². The number of sulfonamides is 1. The van der Waals surface area contributed by atoms with E-state index < -0.39 is 22.0 Å². The molecule has 0 spiro atoms. The minimum atomic E-state index is -3.51. The number of hydrogen-bond donors (Lipinski definition) is 3. The molecule has 0 aromatic heterocycles. The van der Waals surface area contributed by atoms with Crippen LogP contribution in [0, 0.1) is 0 Å². The third-order valence-electron chi connectivity index (χ3n) is 2.68. The zero-order valence-corrected chi connectivity index (χ0v) is 12.8. The molecule has 21 heavy (non-hydrogen) atoms. The lowest BCUT2D eigenvalue weighted by atomic mass is 10.2. The van der Waals surface area contributed by atoms with Gasteiger partial charge in [0.15, 0.2) is 0 Å². The molecule has 8 heteroatoms. The lowest BCUT2D eigenvalue weighted by molar-refractivity contribution is -0.139. The molecule has 1 atom stereocenters. The smallest absolute Gasteiger partial charge is 0.328 e. The molecular formula is C13H20N2O5S. The highest BCUT2D eigenvalue weighted by Gasteiger charge is 2.17. The van der Waals surface area contributed by atoms with Crippen molar-refractivity contribution in [1.29, 1.82) is 0 Å². The Morgan fingerprint density at radius 3 is 2.43 bits per heavy atom. The third kappa shape index (κ3) is 5.33. The van der Waals surface area contributed by atoms with E-state index in [2.05, 4.69) is 10.0 Å². The maximum absolute atomic E-state index is 11.9. The highest BCUT2D eigenvalue weighted by molar-refractivity contribution is 7.89. The van der Waals surface area contributed by atoms with Crippen LogP contribution in [0.4, 0.5) is 5.69 Å². The number of methoxy groups -OCH3 is 1. The average Bonchev–Trinajstić information content (AvgIpc) is 2.45. The summed E-state index contributed by atoms with van der Waals surface area (Å²) in [6.07, 6.45) is 0.705. The van der Waals surface area contributed by atoms with Crippen LogP contribution in [0.2, 0.25) is 0 Å². The van der Waals surface area contributed by atoms with Crippen molar-refractivity contribution >= 4 is 21.7 Å². The molecule has 1 aromatic rings. The molecule has 0 bridgehead atoms. The lowest BCUT2D eigenvalue weighted by Crippen LogP contribution is -2.33. The molecule has 118 valence electrons. The normalized spacial score (nSPS) is 12.9. The Kier molecular flexibility index (Phi) is 6.60. The predicted molar refractivity (Wildman–Crippen MR) is 78.8 cm³/mol. The maximum Gasteiger partial charge on any atom is 0.328 e. The summed E-state index contributed by atoms with van der Waals surface area (Å²) in [5.74, 6) is -1.04. The largest absolute Gasteiger partial charge is 0.480 e. The van der Waals surface area contributed by atoms with Gasteiger partial charge in [-0.1, -0.05) is 6.92 Å². The van der Waals surface area contributed by atoms with Crippen molar-refractivity contribution in [3.63, 3.8) is 0 Å². The number of hydrogen-bond acceptors (Lipinski definition) is 5. The zero-order valence-electron chi connectivity index (χ0n) is 12.0. The Bertz CT molecular complexity index is 556. The number of ether oxygens (including phenoxy) is 1. The summed E-state index contributed by atoms with van der Waals surface area (Å²) < 4.78 is 31.1. The van der Waals surface area contributed by atoms with E-state index in [4.69, 9.17) is 9.84 Å². The Balaban J connectivity index is 2.80. The first-order chi connectivity index (χ1) is 9.90. The highest BCUT2D eigenvalue weighted by Crippen LogP contribution is 2.15. The van der Waals surface area contributed by atoms with Gasteiger partial charge in [0.1, 0.15) is 6.04 Å². The molecule has 1 rings (SSSR count). The summed E-state index contributed by atoms with van der Waals surface area (Å²) >= 11 is 0. The number of carbonyl (C=O) groups is 1. The number of benzene rings is 1. The molecule has 0 saturated carbocycles. The fraction of sp³-hybridized carbons (Fsp3) is 0.462. The standard InChI is InChI=1S/C13H20N2O5S/c1-3-8-14-21(18,19)11-6-4-10(5-7-11)15-12(9-20-2)13(16)17/h4-7,12,14-15H,3,8-9H2,1-2H3,(H,16,17). The lowest BCUT2D eigenvalue weighted by Gasteiger charge is -2.15. The van der Waals surface area contributed by atoms with E-state index >= 15 is 0 Å². The van der Waals surface area contributed by atoms with Crippen LogP contribution >= 0.6 is 0 Å². The van der Waals surface area contributed by atoms with E-state index in [9.17, 15) is 13.2 Å². The van der Waals surface area contributed by atoms with Crippen LogP contribution in [0.1, 0.15) is 13.3 Å². The number of aliphatic carboxylic acids is 1. The zero-order chi connectivity index (χ0) is 15.9. The van der Waals surface area contributed by atoms with Gasteiger partial charge in [-0.3, -0.25) is 0 Å². The minimum Gasteiger partial charge on any atom is -0.480 e.